The number of ether oxygens (including phenoxy) is 1. The predicted octanol–water partition coefficient (Wildman–Crippen LogP) is 1.10. The van der Waals surface area contributed by atoms with Gasteiger partial charge in [-0.1, -0.05) is 0 Å². The van der Waals surface area contributed by atoms with Crippen molar-refractivity contribution in [2.45, 2.75) is 43.9 Å². The summed E-state index contributed by atoms with van der Waals surface area (Å²) < 4.78 is 31.0. The number of hydrogen-bond donors (Lipinski definition) is 0. The lowest BCUT2D eigenvalue weighted by Crippen LogP contribution is -2.43. The maximum atomic E-state index is 5.54. The molecule has 3 atom stereocenters. The molecule has 2 rings (SSSR count). The Kier molecular flexibility index (Phi) is 9.22. The van der Waals surface area contributed by atoms with Crippen molar-refractivity contribution in [1.29, 1.82) is 0 Å². The first-order valence-electron chi connectivity index (χ1n) is 7.43. The molecule has 0 radical (unpaired) electrons. The summed E-state index contributed by atoms with van der Waals surface area (Å²) in [7, 11) is 5.42. The molecular weight excluding hydrogens is 308 g/mol. The highest BCUT2D eigenvalue weighted by atomic mass is 28.4. The minimum atomic E-state index is -2.35. The van der Waals surface area contributed by atoms with Crippen LogP contribution in [0.4, 0.5) is 0 Å². The molecule has 1 aliphatic heterocycles. The molecule has 0 aromatic heterocycles. The van der Waals surface area contributed by atoms with Crippen molar-refractivity contribution in [1.82, 2.24) is 0 Å². The molecule has 0 N–H and O–H groups in total. The molecule has 2 fully saturated rings. The number of epoxide rings is 1. The van der Waals surface area contributed by atoms with Gasteiger partial charge >= 0.3 is 18.8 Å². The van der Waals surface area contributed by atoms with Crippen LogP contribution in [0.1, 0.15) is 25.7 Å². The first-order chi connectivity index (χ1) is 10.1. The summed E-state index contributed by atoms with van der Waals surface area (Å²) in [4.78, 5) is 0. The summed E-state index contributed by atoms with van der Waals surface area (Å²) >= 11 is 0. The van der Waals surface area contributed by atoms with Gasteiger partial charge in [-0.2, -0.15) is 0 Å². The molecule has 2 aliphatic rings. The molecule has 0 bridgehead atoms. The molecule has 3 unspecified atom stereocenters. The van der Waals surface area contributed by atoms with E-state index in [0.29, 0.717) is 12.2 Å². The van der Waals surface area contributed by atoms with Crippen LogP contribution in [0.2, 0.25) is 6.04 Å². The van der Waals surface area contributed by atoms with E-state index in [1.54, 1.807) is 35.5 Å². The van der Waals surface area contributed by atoms with Crippen molar-refractivity contribution in [3.8, 4) is 0 Å². The van der Waals surface area contributed by atoms with Crippen LogP contribution in [0.15, 0.2) is 0 Å². The highest BCUT2D eigenvalue weighted by molar-refractivity contribution is 6.60. The third kappa shape index (κ3) is 6.45. The van der Waals surface area contributed by atoms with E-state index in [4.69, 9.17) is 18.0 Å². The van der Waals surface area contributed by atoms with Gasteiger partial charge in [0.25, 0.3) is 0 Å². The fraction of sp³-hybridized carbons (Fsp3) is 1.00. The lowest BCUT2D eigenvalue weighted by Gasteiger charge is -2.27. The summed E-state index contributed by atoms with van der Waals surface area (Å²) in [5.74, 6) is 0.760. The summed E-state index contributed by atoms with van der Waals surface area (Å²) in [6.07, 6.45) is 6.01. The fourth-order valence-electron chi connectivity index (χ4n) is 2.80. The maximum absolute atomic E-state index is 5.54. The monoisotopic (exact) mass is 338 g/mol. The SMILES string of the molecule is CO[SiH2]OC.CO[Si](CCC1CCC2OC2C1)(OC)OC. The van der Waals surface area contributed by atoms with E-state index in [0.717, 1.165) is 18.4 Å². The molecule has 126 valence electrons. The lowest BCUT2D eigenvalue weighted by atomic mass is 9.88. The van der Waals surface area contributed by atoms with E-state index in [1.807, 2.05) is 0 Å². The number of rotatable bonds is 8. The molecule has 1 heterocycles. The average molecular weight is 339 g/mol. The zero-order valence-electron chi connectivity index (χ0n) is 13.9. The molecule has 1 saturated heterocycles. The molecule has 21 heavy (non-hydrogen) atoms. The zero-order valence-corrected chi connectivity index (χ0v) is 16.3. The van der Waals surface area contributed by atoms with Gasteiger partial charge in [0, 0.05) is 41.6 Å². The molecule has 0 aromatic carbocycles. The van der Waals surface area contributed by atoms with E-state index in [2.05, 4.69) is 8.85 Å². The highest BCUT2D eigenvalue weighted by Crippen LogP contribution is 2.41. The maximum Gasteiger partial charge on any atom is 0.500 e. The minimum Gasteiger partial charge on any atom is -0.402 e. The lowest BCUT2D eigenvalue weighted by molar-refractivity contribution is 0.120. The van der Waals surface area contributed by atoms with Gasteiger partial charge in [0.15, 0.2) is 0 Å². The first kappa shape index (κ1) is 19.2. The largest absolute Gasteiger partial charge is 0.500 e. The van der Waals surface area contributed by atoms with Gasteiger partial charge in [-0.05, 0) is 31.6 Å². The van der Waals surface area contributed by atoms with Crippen LogP contribution in [0, 0.1) is 5.92 Å². The zero-order chi connectivity index (χ0) is 15.7. The quantitative estimate of drug-likeness (QED) is 0.488. The second-order valence-electron chi connectivity index (χ2n) is 5.42. The Labute approximate surface area is 131 Å². The van der Waals surface area contributed by atoms with Gasteiger partial charge in [0.2, 0.25) is 0 Å². The van der Waals surface area contributed by atoms with Crippen LogP contribution in [-0.2, 0) is 26.9 Å². The Morgan fingerprint density at radius 3 is 2.00 bits per heavy atom. The Morgan fingerprint density at radius 1 is 0.952 bits per heavy atom. The fourth-order valence-corrected chi connectivity index (χ4v) is 4.91. The van der Waals surface area contributed by atoms with Crippen molar-refractivity contribution in [3.63, 3.8) is 0 Å². The molecule has 0 spiro atoms. The number of fused-ring (bicyclic) bond motifs is 1. The van der Waals surface area contributed by atoms with Crippen molar-refractivity contribution in [2.75, 3.05) is 35.5 Å². The minimum absolute atomic E-state index is 0.558. The van der Waals surface area contributed by atoms with Crippen molar-refractivity contribution in [3.05, 3.63) is 0 Å². The van der Waals surface area contributed by atoms with Crippen molar-refractivity contribution >= 4 is 18.8 Å². The van der Waals surface area contributed by atoms with Gasteiger partial charge in [-0.3, -0.25) is 0 Å². The van der Waals surface area contributed by atoms with Crippen LogP contribution >= 0.6 is 0 Å². The predicted molar refractivity (Wildman–Crippen MR) is 84.8 cm³/mol. The van der Waals surface area contributed by atoms with Crippen molar-refractivity contribution in [2.24, 2.45) is 5.92 Å². The second-order valence-corrected chi connectivity index (χ2v) is 9.90. The topological polar surface area (TPSA) is 58.7 Å². The van der Waals surface area contributed by atoms with E-state index >= 15 is 0 Å². The second kappa shape index (κ2) is 10.1. The summed E-state index contributed by atoms with van der Waals surface area (Å²) in [6, 6.07) is 0.915. The molecule has 0 amide bonds. The van der Waals surface area contributed by atoms with Crippen LogP contribution in [0.5, 0.6) is 0 Å². The van der Waals surface area contributed by atoms with E-state index in [1.165, 1.54) is 19.3 Å². The van der Waals surface area contributed by atoms with Crippen LogP contribution < -0.4 is 0 Å². The van der Waals surface area contributed by atoms with Crippen LogP contribution in [0.25, 0.3) is 0 Å². The Bertz CT molecular complexity index is 267. The normalized spacial score (nSPS) is 27.6. The molecule has 1 aliphatic carbocycles. The van der Waals surface area contributed by atoms with Gasteiger partial charge < -0.3 is 26.9 Å². The molecule has 6 nitrogen and oxygen atoms in total. The van der Waals surface area contributed by atoms with Crippen LogP contribution in [-0.4, -0.2) is 66.6 Å². The highest BCUT2D eigenvalue weighted by Gasteiger charge is 2.45. The van der Waals surface area contributed by atoms with Gasteiger partial charge in [0.1, 0.15) is 0 Å². The molecule has 0 aromatic rings. The van der Waals surface area contributed by atoms with E-state index in [9.17, 15) is 0 Å². The van der Waals surface area contributed by atoms with E-state index < -0.39 is 18.8 Å². The number of hydrogen-bond acceptors (Lipinski definition) is 6. The third-order valence-electron chi connectivity index (χ3n) is 4.14. The summed E-state index contributed by atoms with van der Waals surface area (Å²) in [5, 5.41) is 0. The van der Waals surface area contributed by atoms with Gasteiger partial charge in [0.05, 0.1) is 12.2 Å². The third-order valence-corrected chi connectivity index (χ3v) is 7.38. The standard InChI is InChI=1S/C11H22O4Si.C2H8O2Si/c1-12-16(13-2,14-3)7-6-9-4-5-10-11(8-9)15-10;1-3-5-4-2/h9-11H,4-8H2,1-3H3;5H2,1-2H3. The van der Waals surface area contributed by atoms with Gasteiger partial charge in [-0.15, -0.1) is 0 Å². The smallest absolute Gasteiger partial charge is 0.402 e. The Morgan fingerprint density at radius 2 is 1.57 bits per heavy atom. The van der Waals surface area contributed by atoms with Crippen molar-refractivity contribution < 1.29 is 26.9 Å². The van der Waals surface area contributed by atoms with Crippen LogP contribution in [0.3, 0.4) is 0 Å². The molecule has 8 heteroatoms. The average Bonchev–Trinajstić information content (AvgIpc) is 3.29. The Balaban J connectivity index is 0.000000383. The Hall–Kier alpha value is 0.194. The molecule has 1 saturated carbocycles. The first-order valence-corrected chi connectivity index (χ1v) is 10.5. The summed E-state index contributed by atoms with van der Waals surface area (Å²) in [5.41, 5.74) is 0. The molecular formula is C13H30O6Si2. The summed E-state index contributed by atoms with van der Waals surface area (Å²) in [6.45, 7) is 0. The van der Waals surface area contributed by atoms with E-state index in [-0.39, 0.29) is 0 Å². The van der Waals surface area contributed by atoms with Gasteiger partial charge in [-0.25, -0.2) is 0 Å².